The molecule has 1 heterocycles. The lowest BCUT2D eigenvalue weighted by Gasteiger charge is -2.42. The standard InChI is InChI=1S/C24H33N3O5/c1-5-23(2,3)18-10-12-24(13-11-18)21(30)27(22(31)26-24)15-19(28)25-14-16-6-8-17(9-7-16)20(29)32-4/h6-9,18H,5,10-15H2,1-4H3,(H,25,28)(H,26,31). The number of rotatable bonds is 7. The van der Waals surface area contributed by atoms with E-state index in [9.17, 15) is 19.2 Å². The van der Waals surface area contributed by atoms with Crippen molar-refractivity contribution in [3.05, 3.63) is 35.4 Å². The van der Waals surface area contributed by atoms with E-state index in [1.54, 1.807) is 24.3 Å². The SMILES string of the molecule is CCC(C)(C)C1CCC2(CC1)NC(=O)N(CC(=O)NCc1ccc(C(=O)OC)cc1)C2=O. The molecular formula is C24H33N3O5. The zero-order valence-corrected chi connectivity index (χ0v) is 19.3. The van der Waals surface area contributed by atoms with Gasteiger partial charge in [-0.05, 0) is 54.7 Å². The second-order valence-corrected chi connectivity index (χ2v) is 9.49. The normalized spacial score (nSPS) is 23.2. The van der Waals surface area contributed by atoms with Gasteiger partial charge in [0.2, 0.25) is 5.91 Å². The van der Waals surface area contributed by atoms with Gasteiger partial charge in [0, 0.05) is 6.54 Å². The molecule has 8 heteroatoms. The number of nitrogens with one attached hydrogen (secondary N) is 2. The summed E-state index contributed by atoms with van der Waals surface area (Å²) in [7, 11) is 1.31. The van der Waals surface area contributed by atoms with E-state index in [2.05, 4.69) is 36.1 Å². The Morgan fingerprint density at radius 2 is 1.81 bits per heavy atom. The fourth-order valence-electron chi connectivity index (χ4n) is 4.62. The first kappa shape index (κ1) is 23.8. The Bertz CT molecular complexity index is 885. The molecule has 1 saturated carbocycles. The molecule has 32 heavy (non-hydrogen) atoms. The van der Waals surface area contributed by atoms with Gasteiger partial charge < -0.3 is 15.4 Å². The van der Waals surface area contributed by atoms with E-state index in [-0.39, 0.29) is 24.4 Å². The molecule has 0 unspecified atom stereocenters. The number of hydrogen-bond acceptors (Lipinski definition) is 5. The molecule has 0 atom stereocenters. The van der Waals surface area contributed by atoms with E-state index in [1.165, 1.54) is 7.11 Å². The van der Waals surface area contributed by atoms with Crippen LogP contribution in [0.2, 0.25) is 0 Å². The molecule has 2 fully saturated rings. The number of imide groups is 1. The zero-order chi connectivity index (χ0) is 23.5. The molecule has 1 aliphatic heterocycles. The first-order chi connectivity index (χ1) is 15.1. The van der Waals surface area contributed by atoms with Crippen molar-refractivity contribution in [2.45, 2.75) is 65.0 Å². The molecule has 0 aromatic heterocycles. The largest absolute Gasteiger partial charge is 0.465 e. The summed E-state index contributed by atoms with van der Waals surface area (Å²) in [5.41, 5.74) is 0.546. The second-order valence-electron chi connectivity index (χ2n) is 9.49. The van der Waals surface area contributed by atoms with Crippen LogP contribution in [0.3, 0.4) is 0 Å². The van der Waals surface area contributed by atoms with Gasteiger partial charge in [-0.15, -0.1) is 0 Å². The zero-order valence-electron chi connectivity index (χ0n) is 19.3. The van der Waals surface area contributed by atoms with Crippen LogP contribution in [0.15, 0.2) is 24.3 Å². The summed E-state index contributed by atoms with van der Waals surface area (Å²) in [5, 5.41) is 5.60. The van der Waals surface area contributed by atoms with Crippen molar-refractivity contribution in [3.63, 3.8) is 0 Å². The van der Waals surface area contributed by atoms with E-state index < -0.39 is 23.4 Å². The Hall–Kier alpha value is -2.90. The Morgan fingerprint density at radius 3 is 2.38 bits per heavy atom. The van der Waals surface area contributed by atoms with Crippen molar-refractivity contribution in [2.24, 2.45) is 11.3 Å². The lowest BCUT2D eigenvalue weighted by molar-refractivity contribution is -0.136. The molecule has 0 bridgehead atoms. The highest BCUT2D eigenvalue weighted by atomic mass is 16.5. The smallest absolute Gasteiger partial charge is 0.337 e. The maximum absolute atomic E-state index is 13.1. The van der Waals surface area contributed by atoms with Gasteiger partial charge in [0.1, 0.15) is 12.1 Å². The highest BCUT2D eigenvalue weighted by molar-refractivity contribution is 6.09. The summed E-state index contributed by atoms with van der Waals surface area (Å²) in [4.78, 5) is 50.5. The van der Waals surface area contributed by atoms with E-state index in [1.807, 2.05) is 0 Å². The average molecular weight is 444 g/mol. The highest BCUT2D eigenvalue weighted by Gasteiger charge is 2.53. The Morgan fingerprint density at radius 1 is 1.19 bits per heavy atom. The van der Waals surface area contributed by atoms with Crippen LogP contribution in [0.4, 0.5) is 4.79 Å². The summed E-state index contributed by atoms with van der Waals surface area (Å²) in [6.07, 6.45) is 4.05. The van der Waals surface area contributed by atoms with Crippen molar-refractivity contribution in [2.75, 3.05) is 13.7 Å². The number of methoxy groups -OCH3 is 1. The summed E-state index contributed by atoms with van der Waals surface area (Å²) in [6, 6.07) is 6.16. The van der Waals surface area contributed by atoms with Gasteiger partial charge in [-0.3, -0.25) is 14.5 Å². The van der Waals surface area contributed by atoms with Crippen LogP contribution >= 0.6 is 0 Å². The molecule has 0 radical (unpaired) electrons. The van der Waals surface area contributed by atoms with Gasteiger partial charge in [0.25, 0.3) is 5.91 Å². The van der Waals surface area contributed by atoms with E-state index in [0.717, 1.165) is 29.7 Å². The lowest BCUT2D eigenvalue weighted by atomic mass is 9.65. The number of amides is 4. The van der Waals surface area contributed by atoms with Crippen molar-refractivity contribution in [3.8, 4) is 0 Å². The quantitative estimate of drug-likeness (QED) is 0.498. The van der Waals surface area contributed by atoms with Gasteiger partial charge in [-0.25, -0.2) is 9.59 Å². The van der Waals surface area contributed by atoms with Crippen molar-refractivity contribution < 1.29 is 23.9 Å². The maximum atomic E-state index is 13.1. The first-order valence-corrected chi connectivity index (χ1v) is 11.2. The van der Waals surface area contributed by atoms with Crippen LogP contribution in [-0.2, 0) is 20.9 Å². The molecule has 1 spiro atoms. The molecular weight excluding hydrogens is 410 g/mol. The minimum atomic E-state index is -0.874. The van der Waals surface area contributed by atoms with Crippen LogP contribution in [0, 0.1) is 11.3 Å². The predicted molar refractivity (Wildman–Crippen MR) is 119 cm³/mol. The predicted octanol–water partition coefficient (Wildman–Crippen LogP) is 3.01. The monoisotopic (exact) mass is 443 g/mol. The fourth-order valence-corrected chi connectivity index (χ4v) is 4.62. The van der Waals surface area contributed by atoms with Crippen molar-refractivity contribution in [1.29, 1.82) is 0 Å². The third-order valence-corrected chi connectivity index (χ3v) is 7.27. The number of ether oxygens (including phenoxy) is 1. The second kappa shape index (κ2) is 9.30. The third kappa shape index (κ3) is 4.79. The van der Waals surface area contributed by atoms with Gasteiger partial charge in [-0.2, -0.15) is 0 Å². The molecule has 3 rings (SSSR count). The highest BCUT2D eigenvalue weighted by Crippen LogP contribution is 2.45. The van der Waals surface area contributed by atoms with Crippen molar-refractivity contribution in [1.82, 2.24) is 15.5 Å². The van der Waals surface area contributed by atoms with E-state index >= 15 is 0 Å². The molecule has 8 nitrogen and oxygen atoms in total. The summed E-state index contributed by atoms with van der Waals surface area (Å²) in [5.74, 6) is -0.623. The molecule has 4 amide bonds. The molecule has 2 N–H and O–H groups in total. The number of carbonyl (C=O) groups is 4. The van der Waals surface area contributed by atoms with E-state index in [0.29, 0.717) is 24.3 Å². The molecule has 1 saturated heterocycles. The fraction of sp³-hybridized carbons (Fsp3) is 0.583. The Balaban J connectivity index is 1.54. The van der Waals surface area contributed by atoms with Crippen LogP contribution in [-0.4, -0.2) is 47.9 Å². The van der Waals surface area contributed by atoms with Crippen molar-refractivity contribution >= 4 is 23.8 Å². The molecule has 1 aromatic rings. The third-order valence-electron chi connectivity index (χ3n) is 7.27. The molecule has 1 aromatic carbocycles. The summed E-state index contributed by atoms with van der Waals surface area (Å²) in [6.45, 7) is 6.61. The van der Waals surface area contributed by atoms with Gasteiger partial charge in [-0.1, -0.05) is 39.3 Å². The van der Waals surface area contributed by atoms with Gasteiger partial charge in [0.15, 0.2) is 0 Å². The number of nitrogens with zero attached hydrogens (tertiary/aromatic N) is 1. The van der Waals surface area contributed by atoms with Crippen LogP contribution < -0.4 is 10.6 Å². The lowest BCUT2D eigenvalue weighted by Crippen LogP contribution is -2.51. The average Bonchev–Trinajstić information content (AvgIpc) is 3.01. The Kier molecular flexibility index (Phi) is 6.91. The maximum Gasteiger partial charge on any atom is 0.337 e. The van der Waals surface area contributed by atoms with Crippen LogP contribution in [0.25, 0.3) is 0 Å². The minimum Gasteiger partial charge on any atom is -0.465 e. The summed E-state index contributed by atoms with van der Waals surface area (Å²) < 4.78 is 4.66. The molecule has 2 aliphatic rings. The van der Waals surface area contributed by atoms with E-state index in [4.69, 9.17) is 0 Å². The summed E-state index contributed by atoms with van der Waals surface area (Å²) >= 11 is 0. The Labute approximate surface area is 189 Å². The van der Waals surface area contributed by atoms with Crippen LogP contribution in [0.1, 0.15) is 68.8 Å². The number of urea groups is 1. The number of carbonyl (C=O) groups excluding carboxylic acids is 4. The topological polar surface area (TPSA) is 105 Å². The number of hydrogen-bond donors (Lipinski definition) is 2. The number of benzene rings is 1. The first-order valence-electron chi connectivity index (χ1n) is 11.2. The molecule has 1 aliphatic carbocycles. The minimum absolute atomic E-state index is 0.210. The van der Waals surface area contributed by atoms with Gasteiger partial charge in [0.05, 0.1) is 12.7 Å². The van der Waals surface area contributed by atoms with Gasteiger partial charge >= 0.3 is 12.0 Å². The van der Waals surface area contributed by atoms with Crippen LogP contribution in [0.5, 0.6) is 0 Å². The number of esters is 1. The molecule has 174 valence electrons.